The molecule has 9 nitrogen and oxygen atoms in total. The molecule has 4 fully saturated rings. The molecule has 286 valence electrons. The maximum absolute atomic E-state index is 17.2. The molecule has 4 aliphatic heterocycles. The number of ether oxygens (including phenoxy) is 2. The Morgan fingerprint density at radius 1 is 1.19 bits per heavy atom. The summed E-state index contributed by atoms with van der Waals surface area (Å²) in [7, 11) is 0. The molecule has 5 heterocycles. The summed E-state index contributed by atoms with van der Waals surface area (Å²) in [6.07, 6.45) is 4.68. The van der Waals surface area contributed by atoms with E-state index in [1.165, 1.54) is 6.08 Å². The lowest BCUT2D eigenvalue weighted by Gasteiger charge is -2.43. The number of benzene rings is 1. The number of rotatable bonds is 13. The molecule has 2 bridgehead atoms. The first-order valence-corrected chi connectivity index (χ1v) is 19.7. The van der Waals surface area contributed by atoms with Crippen molar-refractivity contribution in [2.75, 3.05) is 58.3 Å². The van der Waals surface area contributed by atoms with E-state index in [1.54, 1.807) is 19.9 Å². The number of β-amino-alcohol motifs (C(OH)–C–C–N with tert-alkyl or cyclic N) is 1. The minimum Gasteiger partial charge on any atom is -0.392 e. The number of alkyl halides is 1. The predicted octanol–water partition coefficient (Wildman–Crippen LogP) is 6.62. The van der Waals surface area contributed by atoms with Crippen LogP contribution in [0, 0.1) is 22.6 Å². The molecule has 53 heavy (non-hydrogen) atoms. The van der Waals surface area contributed by atoms with Crippen LogP contribution in [0.4, 0.5) is 18.2 Å². The van der Waals surface area contributed by atoms with Crippen LogP contribution in [-0.4, -0.2) is 103 Å². The van der Waals surface area contributed by atoms with Crippen LogP contribution >= 0.6 is 11.3 Å². The van der Waals surface area contributed by atoms with Crippen LogP contribution in [0.25, 0.3) is 11.4 Å². The molecular weight excluding hydrogens is 702 g/mol. The summed E-state index contributed by atoms with van der Waals surface area (Å²) in [6, 6.07) is 3.96. The zero-order valence-corrected chi connectivity index (χ0v) is 32.0. The number of piperazine rings is 1. The molecule has 3 unspecified atom stereocenters. The van der Waals surface area contributed by atoms with E-state index in [0.717, 1.165) is 67.8 Å². The molecule has 3 atom stereocenters. The van der Waals surface area contributed by atoms with Gasteiger partial charge in [0.05, 0.1) is 36.4 Å². The zero-order chi connectivity index (χ0) is 37.6. The number of allylic oxidation sites excluding steroid dienone is 2. The molecule has 13 heteroatoms. The third kappa shape index (κ3) is 7.43. The number of aliphatic hydroxyl groups excluding tert-OH is 1. The number of hydrogen-bond donors (Lipinski definition) is 2. The highest BCUT2D eigenvalue weighted by Crippen LogP contribution is 2.48. The van der Waals surface area contributed by atoms with Gasteiger partial charge in [-0.1, -0.05) is 18.6 Å². The van der Waals surface area contributed by atoms with Crippen molar-refractivity contribution in [1.82, 2.24) is 14.7 Å². The van der Waals surface area contributed by atoms with Crippen molar-refractivity contribution in [2.24, 2.45) is 10.4 Å². The fourth-order valence-corrected chi connectivity index (χ4v) is 9.78. The Labute approximate surface area is 314 Å². The van der Waals surface area contributed by atoms with E-state index in [9.17, 15) is 14.8 Å². The number of anilines is 1. The summed E-state index contributed by atoms with van der Waals surface area (Å²) < 4.78 is 58.5. The summed E-state index contributed by atoms with van der Waals surface area (Å²) in [5.74, 6) is -0.349. The number of aliphatic imine (C=N–C) groups is 1. The molecule has 1 aromatic heterocycles. The Morgan fingerprint density at radius 3 is 2.49 bits per heavy atom. The molecule has 7 rings (SSSR count). The van der Waals surface area contributed by atoms with Crippen LogP contribution < -0.4 is 5.73 Å². The lowest BCUT2D eigenvalue weighted by molar-refractivity contribution is 0.0192. The molecular formula is C40H51F3N6O3S. The maximum Gasteiger partial charge on any atom is 0.139 e. The minimum absolute atomic E-state index is 0.0306. The highest BCUT2D eigenvalue weighted by atomic mass is 32.1. The number of hydrogen-bond acceptors (Lipinski definition) is 9. The normalized spacial score (nSPS) is 24.2. The van der Waals surface area contributed by atoms with E-state index in [4.69, 9.17) is 20.2 Å². The number of fused-ring (bicyclic) bond motifs is 3. The standard InChI is InChI=1S/C40H51F3N6O3S/c1-5-23(3)34(36-29(12-44)38(45)53-37(36)32(42)6-2)35-31-19-51-18-30(31)28(11-33(35)43)39(49-26-7-8-27(49)17-47(16-26)13-24(4)50)46-22-52-21-40(9-10-40)20-48-14-25(41)15-48/h6,11,24-27,50H,5,7-10,13-22,45H2,1-4H3/b32-6+,34-23?,46-39+. The van der Waals surface area contributed by atoms with Crippen LogP contribution in [0.2, 0.25) is 0 Å². The lowest BCUT2D eigenvalue weighted by atomic mass is 9.84. The molecule has 1 saturated carbocycles. The average molecular weight is 753 g/mol. The smallest absolute Gasteiger partial charge is 0.139 e. The first-order valence-electron chi connectivity index (χ1n) is 18.9. The summed E-state index contributed by atoms with van der Waals surface area (Å²) in [6.45, 7) is 12.1. The fraction of sp³-hybridized carbons (Fsp3) is 0.600. The third-order valence-corrected chi connectivity index (χ3v) is 12.7. The Kier molecular flexibility index (Phi) is 11.1. The van der Waals surface area contributed by atoms with Gasteiger partial charge in [0.15, 0.2) is 0 Å². The van der Waals surface area contributed by atoms with Crippen molar-refractivity contribution in [1.29, 1.82) is 5.26 Å². The topological polar surface area (TPSA) is 111 Å². The monoisotopic (exact) mass is 752 g/mol. The van der Waals surface area contributed by atoms with Gasteiger partial charge in [0.25, 0.3) is 0 Å². The van der Waals surface area contributed by atoms with Crippen LogP contribution in [0.5, 0.6) is 0 Å². The summed E-state index contributed by atoms with van der Waals surface area (Å²) in [5, 5.41) is 20.6. The van der Waals surface area contributed by atoms with Gasteiger partial charge in [-0.3, -0.25) is 9.80 Å². The van der Waals surface area contributed by atoms with Crippen LogP contribution in [-0.2, 0) is 22.7 Å². The van der Waals surface area contributed by atoms with Crippen LogP contribution in [0.1, 0.15) is 98.1 Å². The van der Waals surface area contributed by atoms with Crippen molar-refractivity contribution in [3.05, 3.63) is 61.8 Å². The third-order valence-electron chi connectivity index (χ3n) is 11.7. The lowest BCUT2D eigenvalue weighted by Crippen LogP contribution is -2.57. The average Bonchev–Trinajstić information content (AvgIpc) is 3.41. The van der Waals surface area contributed by atoms with E-state index in [2.05, 4.69) is 20.8 Å². The quantitative estimate of drug-likeness (QED) is 0.134. The van der Waals surface area contributed by atoms with Gasteiger partial charge in [0, 0.05) is 73.5 Å². The number of aliphatic hydroxyl groups is 1. The number of thiophene rings is 1. The molecule has 1 aliphatic carbocycles. The highest BCUT2D eigenvalue weighted by Gasteiger charge is 2.47. The molecule has 3 saturated heterocycles. The van der Waals surface area contributed by atoms with Gasteiger partial charge in [-0.25, -0.2) is 18.2 Å². The summed E-state index contributed by atoms with van der Waals surface area (Å²) >= 11 is 0.997. The zero-order valence-electron chi connectivity index (χ0n) is 31.2. The number of nitrogens with two attached hydrogens (primary N) is 1. The van der Waals surface area contributed by atoms with Crippen molar-refractivity contribution < 1.29 is 27.8 Å². The van der Waals surface area contributed by atoms with Crippen molar-refractivity contribution in [3.8, 4) is 6.07 Å². The molecule has 1 aromatic carbocycles. The second-order valence-corrected chi connectivity index (χ2v) is 16.7. The van der Waals surface area contributed by atoms with E-state index in [0.29, 0.717) is 66.3 Å². The molecule has 3 N–H and O–H groups in total. The van der Waals surface area contributed by atoms with E-state index in [1.807, 2.05) is 13.8 Å². The van der Waals surface area contributed by atoms with Crippen molar-refractivity contribution >= 4 is 33.6 Å². The maximum atomic E-state index is 17.2. The number of nitrogen functional groups attached to an aromatic ring is 1. The molecule has 5 aliphatic rings. The molecule has 0 radical (unpaired) electrons. The second kappa shape index (κ2) is 15.5. The molecule has 2 aromatic rings. The molecule has 0 spiro atoms. The molecule has 0 amide bonds. The Hall–Kier alpha value is -3.25. The first-order chi connectivity index (χ1) is 25.5. The van der Waals surface area contributed by atoms with Crippen LogP contribution in [0.3, 0.4) is 0 Å². The Morgan fingerprint density at radius 2 is 1.89 bits per heavy atom. The number of nitrogens with zero attached hydrogens (tertiary/aromatic N) is 5. The van der Waals surface area contributed by atoms with Gasteiger partial charge in [-0.05, 0) is 75.6 Å². The fourth-order valence-electron chi connectivity index (χ4n) is 8.79. The SMILES string of the molecule is C/C=C(/F)c1sc(N)c(C#N)c1C(=C(C)CC)c1c(F)cc(/C(=N\COCC2(CN3CC(F)C3)CC2)N2C3CCC2CN(CC(C)O)C3)c2c1COC2. The minimum atomic E-state index is -0.738. The summed E-state index contributed by atoms with van der Waals surface area (Å²) in [4.78, 5) is 12.1. The summed E-state index contributed by atoms with van der Waals surface area (Å²) in [5.41, 5.74) is 10.5. The van der Waals surface area contributed by atoms with Gasteiger partial charge in [0.1, 0.15) is 41.5 Å². The number of nitriles is 1. The number of halogens is 3. The van der Waals surface area contributed by atoms with E-state index < -0.39 is 23.9 Å². The van der Waals surface area contributed by atoms with Crippen molar-refractivity contribution in [3.63, 3.8) is 0 Å². The van der Waals surface area contributed by atoms with Gasteiger partial charge in [-0.15, -0.1) is 11.3 Å². The van der Waals surface area contributed by atoms with Crippen LogP contribution in [0.15, 0.2) is 22.7 Å². The van der Waals surface area contributed by atoms with E-state index >= 15 is 8.78 Å². The van der Waals surface area contributed by atoms with Gasteiger partial charge in [-0.2, -0.15) is 5.26 Å². The second-order valence-electron chi connectivity index (χ2n) is 15.6. The number of likely N-dealkylation sites (tertiary alicyclic amines) is 2. The van der Waals surface area contributed by atoms with Gasteiger partial charge in [0.2, 0.25) is 0 Å². The first kappa shape index (κ1) is 38.0. The Balaban J connectivity index is 1.29. The van der Waals surface area contributed by atoms with Gasteiger partial charge < -0.3 is 25.2 Å². The highest BCUT2D eigenvalue weighted by molar-refractivity contribution is 7.17. The van der Waals surface area contributed by atoms with Crippen molar-refractivity contribution in [2.45, 2.75) is 97.4 Å². The predicted molar refractivity (Wildman–Crippen MR) is 202 cm³/mol. The number of amidine groups is 1. The Bertz CT molecular complexity index is 1840. The van der Waals surface area contributed by atoms with Gasteiger partial charge >= 0.3 is 0 Å². The van der Waals surface area contributed by atoms with E-state index in [-0.39, 0.29) is 52.9 Å². The largest absolute Gasteiger partial charge is 0.392 e.